The highest BCUT2D eigenvalue weighted by Crippen LogP contribution is 2.22. The molecular formula is C20H19N3O3. The van der Waals surface area contributed by atoms with Crippen LogP contribution in [0.5, 0.6) is 0 Å². The molecule has 0 saturated carbocycles. The molecule has 3 aromatic rings. The quantitative estimate of drug-likeness (QED) is 0.674. The molecule has 6 nitrogen and oxygen atoms in total. The van der Waals surface area contributed by atoms with Crippen molar-refractivity contribution < 1.29 is 13.9 Å². The zero-order chi connectivity index (χ0) is 17.9. The van der Waals surface area contributed by atoms with Gasteiger partial charge in [0.15, 0.2) is 11.6 Å². The van der Waals surface area contributed by atoms with E-state index in [-0.39, 0.29) is 5.97 Å². The third kappa shape index (κ3) is 3.36. The summed E-state index contributed by atoms with van der Waals surface area (Å²) in [4.78, 5) is 23.1. The fourth-order valence-corrected chi connectivity index (χ4v) is 3.19. The van der Waals surface area contributed by atoms with E-state index in [2.05, 4.69) is 14.9 Å². The monoisotopic (exact) mass is 349 g/mol. The number of carbonyl (C=O) groups is 1. The molecule has 0 fully saturated rings. The van der Waals surface area contributed by atoms with Gasteiger partial charge >= 0.3 is 5.97 Å². The lowest BCUT2D eigenvalue weighted by atomic mass is 10.0. The van der Waals surface area contributed by atoms with Crippen LogP contribution >= 0.6 is 0 Å². The molecule has 0 unspecified atom stereocenters. The minimum atomic E-state index is -0.313. The number of furan rings is 1. The molecule has 0 bridgehead atoms. The first-order chi connectivity index (χ1) is 12.7. The normalized spacial score (nSPS) is 14.0. The van der Waals surface area contributed by atoms with Crippen LogP contribution < -0.4 is 0 Å². The van der Waals surface area contributed by atoms with Gasteiger partial charge in [-0.25, -0.2) is 14.8 Å². The summed E-state index contributed by atoms with van der Waals surface area (Å²) in [6, 6.07) is 11.3. The van der Waals surface area contributed by atoms with Crippen molar-refractivity contribution in [1.29, 1.82) is 0 Å². The van der Waals surface area contributed by atoms with Crippen molar-refractivity contribution in [2.45, 2.75) is 19.5 Å². The number of aromatic nitrogens is 2. The van der Waals surface area contributed by atoms with Crippen molar-refractivity contribution in [2.24, 2.45) is 0 Å². The molecule has 132 valence electrons. The molecular weight excluding hydrogens is 330 g/mol. The van der Waals surface area contributed by atoms with Gasteiger partial charge in [-0.05, 0) is 41.8 Å². The minimum absolute atomic E-state index is 0.313. The second kappa shape index (κ2) is 7.09. The predicted molar refractivity (Wildman–Crippen MR) is 95.3 cm³/mol. The summed E-state index contributed by atoms with van der Waals surface area (Å²) in [5.74, 6) is 0.977. The molecule has 3 heterocycles. The van der Waals surface area contributed by atoms with Crippen LogP contribution in [0.15, 0.2) is 53.3 Å². The highest BCUT2D eigenvalue weighted by Gasteiger charge is 2.20. The van der Waals surface area contributed by atoms with E-state index in [1.54, 1.807) is 12.3 Å². The van der Waals surface area contributed by atoms with Crippen molar-refractivity contribution in [3.63, 3.8) is 0 Å². The lowest BCUT2D eigenvalue weighted by Crippen LogP contribution is -2.31. The summed E-state index contributed by atoms with van der Waals surface area (Å²) < 4.78 is 10.2. The summed E-state index contributed by atoms with van der Waals surface area (Å²) in [5.41, 5.74) is 3.86. The lowest BCUT2D eigenvalue weighted by Gasteiger charge is -2.28. The zero-order valence-corrected chi connectivity index (χ0v) is 14.5. The van der Waals surface area contributed by atoms with Crippen LogP contribution in [0.3, 0.4) is 0 Å². The second-order valence-electron chi connectivity index (χ2n) is 6.30. The standard InChI is InChI=1S/C20H19N3O3/c1-25-20(24)15-5-2-4-14(10-15)12-23-8-7-16-11-21-19(22-17(16)13-23)18-6-3-9-26-18/h2-6,9-11H,7-8,12-13H2,1H3. The Hall–Kier alpha value is -2.99. The van der Waals surface area contributed by atoms with Crippen molar-refractivity contribution in [3.05, 3.63) is 71.2 Å². The molecule has 2 aromatic heterocycles. The highest BCUT2D eigenvalue weighted by molar-refractivity contribution is 5.89. The molecule has 0 radical (unpaired) electrons. The van der Waals surface area contributed by atoms with Gasteiger partial charge in [0, 0.05) is 25.8 Å². The molecule has 6 heteroatoms. The Morgan fingerprint density at radius 1 is 1.31 bits per heavy atom. The first kappa shape index (κ1) is 16.5. The van der Waals surface area contributed by atoms with Crippen LogP contribution in [0, 0.1) is 0 Å². The van der Waals surface area contributed by atoms with Crippen molar-refractivity contribution in [3.8, 4) is 11.6 Å². The topological polar surface area (TPSA) is 68.5 Å². The van der Waals surface area contributed by atoms with E-state index in [0.29, 0.717) is 17.1 Å². The number of carbonyl (C=O) groups excluding carboxylic acids is 1. The first-order valence-corrected chi connectivity index (χ1v) is 8.51. The van der Waals surface area contributed by atoms with E-state index in [1.165, 1.54) is 12.7 Å². The van der Waals surface area contributed by atoms with Gasteiger partial charge < -0.3 is 9.15 Å². The summed E-state index contributed by atoms with van der Waals surface area (Å²) >= 11 is 0. The Morgan fingerprint density at radius 3 is 3.04 bits per heavy atom. The van der Waals surface area contributed by atoms with Crippen LogP contribution in [0.25, 0.3) is 11.6 Å². The Labute approximate surface area is 151 Å². The molecule has 1 aliphatic heterocycles. The predicted octanol–water partition coefficient (Wildman–Crippen LogP) is 3.08. The van der Waals surface area contributed by atoms with Gasteiger partial charge in [-0.3, -0.25) is 4.90 Å². The lowest BCUT2D eigenvalue weighted by molar-refractivity contribution is 0.0600. The molecule has 1 aromatic carbocycles. The van der Waals surface area contributed by atoms with Gasteiger partial charge in [0.1, 0.15) is 0 Å². The average Bonchev–Trinajstić information content (AvgIpc) is 3.22. The number of rotatable bonds is 4. The number of hydrogen-bond acceptors (Lipinski definition) is 6. The van der Waals surface area contributed by atoms with Crippen LogP contribution in [0.2, 0.25) is 0 Å². The Balaban J connectivity index is 1.51. The number of benzene rings is 1. The summed E-state index contributed by atoms with van der Waals surface area (Å²) in [7, 11) is 1.40. The minimum Gasteiger partial charge on any atom is -0.465 e. The summed E-state index contributed by atoms with van der Waals surface area (Å²) in [6.45, 7) is 2.43. The van der Waals surface area contributed by atoms with Gasteiger partial charge in [-0.2, -0.15) is 0 Å². The van der Waals surface area contributed by atoms with E-state index in [4.69, 9.17) is 9.15 Å². The van der Waals surface area contributed by atoms with E-state index in [0.717, 1.165) is 37.3 Å². The summed E-state index contributed by atoms with van der Waals surface area (Å²) in [6.07, 6.45) is 4.43. The van der Waals surface area contributed by atoms with E-state index < -0.39 is 0 Å². The number of hydrogen-bond donors (Lipinski definition) is 0. The molecule has 0 amide bonds. The maximum absolute atomic E-state index is 11.7. The van der Waals surface area contributed by atoms with Crippen LogP contribution in [-0.4, -0.2) is 34.5 Å². The number of nitrogens with zero attached hydrogens (tertiary/aromatic N) is 3. The SMILES string of the molecule is COC(=O)c1cccc(CN2CCc3cnc(-c4ccco4)nc3C2)c1. The molecule has 1 aliphatic rings. The Morgan fingerprint density at radius 2 is 2.23 bits per heavy atom. The van der Waals surface area contributed by atoms with Gasteiger partial charge in [0.05, 0.1) is 24.6 Å². The third-order valence-corrected chi connectivity index (χ3v) is 4.52. The molecule has 0 atom stereocenters. The van der Waals surface area contributed by atoms with E-state index >= 15 is 0 Å². The van der Waals surface area contributed by atoms with Crippen LogP contribution in [0.1, 0.15) is 27.2 Å². The molecule has 0 spiro atoms. The Kier molecular flexibility index (Phi) is 4.50. The molecule has 0 N–H and O–H groups in total. The number of fused-ring (bicyclic) bond motifs is 1. The number of esters is 1. The van der Waals surface area contributed by atoms with E-state index in [1.807, 2.05) is 36.5 Å². The molecule has 4 rings (SSSR count). The van der Waals surface area contributed by atoms with Crippen LogP contribution in [0.4, 0.5) is 0 Å². The molecule has 26 heavy (non-hydrogen) atoms. The van der Waals surface area contributed by atoms with Gasteiger partial charge in [0.25, 0.3) is 0 Å². The smallest absolute Gasteiger partial charge is 0.337 e. The maximum Gasteiger partial charge on any atom is 0.337 e. The summed E-state index contributed by atoms with van der Waals surface area (Å²) in [5, 5.41) is 0. The Bertz CT molecular complexity index is 922. The van der Waals surface area contributed by atoms with Crippen molar-refractivity contribution in [1.82, 2.24) is 14.9 Å². The number of ether oxygens (including phenoxy) is 1. The van der Waals surface area contributed by atoms with Gasteiger partial charge in [-0.15, -0.1) is 0 Å². The average molecular weight is 349 g/mol. The largest absolute Gasteiger partial charge is 0.465 e. The highest BCUT2D eigenvalue weighted by atomic mass is 16.5. The van der Waals surface area contributed by atoms with Crippen molar-refractivity contribution in [2.75, 3.05) is 13.7 Å². The maximum atomic E-state index is 11.7. The molecule has 0 aliphatic carbocycles. The second-order valence-corrected chi connectivity index (χ2v) is 6.30. The van der Waals surface area contributed by atoms with E-state index in [9.17, 15) is 4.79 Å². The first-order valence-electron chi connectivity index (χ1n) is 8.51. The van der Waals surface area contributed by atoms with Gasteiger partial charge in [-0.1, -0.05) is 12.1 Å². The van der Waals surface area contributed by atoms with Gasteiger partial charge in [0.2, 0.25) is 0 Å². The van der Waals surface area contributed by atoms with Crippen LogP contribution in [-0.2, 0) is 24.2 Å². The zero-order valence-electron chi connectivity index (χ0n) is 14.5. The van der Waals surface area contributed by atoms with Crippen molar-refractivity contribution >= 4 is 5.97 Å². The third-order valence-electron chi connectivity index (χ3n) is 4.52. The fraction of sp³-hybridized carbons (Fsp3) is 0.250. The fourth-order valence-electron chi connectivity index (χ4n) is 3.19. The molecule has 0 saturated heterocycles. The number of methoxy groups -OCH3 is 1.